The maximum Gasteiger partial charge on any atom is 0.410 e. The zero-order valence-electron chi connectivity index (χ0n) is 8.03. The summed E-state index contributed by atoms with van der Waals surface area (Å²) in [5, 5.41) is 0. The third kappa shape index (κ3) is 3.73. The first-order chi connectivity index (χ1) is 6.17. The summed E-state index contributed by atoms with van der Waals surface area (Å²) in [6, 6.07) is -0.475. The summed E-state index contributed by atoms with van der Waals surface area (Å²) in [6.45, 7) is 5.52. The van der Waals surface area contributed by atoms with Gasteiger partial charge in [0.15, 0.2) is 0 Å². The summed E-state index contributed by atoms with van der Waals surface area (Å²) < 4.78 is 4.73. The minimum Gasteiger partial charge on any atom is -0.450 e. The molecule has 0 saturated heterocycles. The van der Waals surface area contributed by atoms with Gasteiger partial charge >= 0.3 is 6.09 Å². The molecular weight excluding hydrogens is 170 g/mol. The highest BCUT2D eigenvalue weighted by Gasteiger charge is 2.18. The van der Waals surface area contributed by atoms with Crippen LogP contribution in [-0.4, -0.2) is 37.0 Å². The second kappa shape index (κ2) is 6.22. The van der Waals surface area contributed by atoms with Gasteiger partial charge < -0.3 is 14.4 Å². The average molecular weight is 185 g/mol. The first kappa shape index (κ1) is 11.7. The van der Waals surface area contributed by atoms with Crippen LogP contribution in [-0.2, 0) is 9.53 Å². The molecule has 0 bridgehead atoms. The molecule has 13 heavy (non-hydrogen) atoms. The van der Waals surface area contributed by atoms with E-state index < -0.39 is 12.1 Å². The summed E-state index contributed by atoms with van der Waals surface area (Å²) in [5.41, 5.74) is 0. The molecular formula is C9H15NO3. The predicted octanol–water partition coefficient (Wildman–Crippen LogP) is 1.22. The smallest absolute Gasteiger partial charge is 0.410 e. The van der Waals surface area contributed by atoms with Crippen molar-refractivity contribution in [1.29, 1.82) is 0 Å². The molecule has 0 aromatic rings. The van der Waals surface area contributed by atoms with Gasteiger partial charge in [0.1, 0.15) is 6.29 Å². The molecule has 0 fully saturated rings. The van der Waals surface area contributed by atoms with Crippen LogP contribution in [0.5, 0.6) is 0 Å². The van der Waals surface area contributed by atoms with Gasteiger partial charge in [-0.05, 0) is 13.3 Å². The van der Waals surface area contributed by atoms with Crippen molar-refractivity contribution in [2.24, 2.45) is 0 Å². The molecule has 0 heterocycles. The van der Waals surface area contributed by atoms with Crippen LogP contribution in [0.4, 0.5) is 4.79 Å². The Hall–Kier alpha value is -1.32. The molecule has 0 aliphatic carbocycles. The number of carbonyl (C=O) groups is 2. The van der Waals surface area contributed by atoms with Crippen molar-refractivity contribution in [3.05, 3.63) is 12.7 Å². The van der Waals surface area contributed by atoms with Crippen LogP contribution in [0, 0.1) is 0 Å². The van der Waals surface area contributed by atoms with E-state index in [4.69, 9.17) is 4.74 Å². The van der Waals surface area contributed by atoms with E-state index in [-0.39, 0.29) is 0 Å². The van der Waals surface area contributed by atoms with E-state index in [1.807, 2.05) is 0 Å². The molecule has 0 aromatic heterocycles. The van der Waals surface area contributed by atoms with E-state index in [1.54, 1.807) is 13.0 Å². The topological polar surface area (TPSA) is 46.6 Å². The highest BCUT2D eigenvalue weighted by atomic mass is 16.6. The summed E-state index contributed by atoms with van der Waals surface area (Å²) in [4.78, 5) is 22.9. The summed E-state index contributed by atoms with van der Waals surface area (Å²) in [7, 11) is 1.53. The van der Waals surface area contributed by atoms with Gasteiger partial charge in [-0.15, -0.1) is 6.58 Å². The van der Waals surface area contributed by atoms with Crippen molar-refractivity contribution in [3.8, 4) is 0 Å². The van der Waals surface area contributed by atoms with Crippen LogP contribution in [0.3, 0.4) is 0 Å². The number of likely N-dealkylation sites (N-methyl/N-ethyl adjacent to an activating group) is 1. The largest absolute Gasteiger partial charge is 0.450 e. The van der Waals surface area contributed by atoms with E-state index in [0.717, 1.165) is 0 Å². The van der Waals surface area contributed by atoms with Gasteiger partial charge in [0.2, 0.25) is 0 Å². The number of ether oxygens (including phenoxy) is 1. The second-order valence-electron chi connectivity index (χ2n) is 2.54. The van der Waals surface area contributed by atoms with E-state index in [2.05, 4.69) is 6.58 Å². The fourth-order valence-corrected chi connectivity index (χ4v) is 0.836. The minimum atomic E-state index is -0.485. The Bertz CT molecular complexity index is 191. The first-order valence-corrected chi connectivity index (χ1v) is 4.13. The summed E-state index contributed by atoms with van der Waals surface area (Å²) in [6.07, 6.45) is 2.26. The minimum absolute atomic E-state index is 0.308. The van der Waals surface area contributed by atoms with Crippen molar-refractivity contribution in [2.75, 3.05) is 13.7 Å². The molecule has 0 spiro atoms. The number of carbonyl (C=O) groups excluding carboxylic acids is 2. The summed E-state index contributed by atoms with van der Waals surface area (Å²) >= 11 is 0. The van der Waals surface area contributed by atoms with Crippen molar-refractivity contribution >= 4 is 12.4 Å². The molecule has 1 amide bonds. The van der Waals surface area contributed by atoms with Crippen LogP contribution in [0.2, 0.25) is 0 Å². The van der Waals surface area contributed by atoms with E-state index in [9.17, 15) is 9.59 Å². The molecule has 0 aliphatic rings. The van der Waals surface area contributed by atoms with Crippen LogP contribution in [0.1, 0.15) is 13.3 Å². The second-order valence-corrected chi connectivity index (χ2v) is 2.54. The average Bonchev–Trinajstić information content (AvgIpc) is 2.13. The Labute approximate surface area is 78.2 Å². The van der Waals surface area contributed by atoms with Gasteiger partial charge in [-0.2, -0.15) is 0 Å². The van der Waals surface area contributed by atoms with Gasteiger partial charge in [0.05, 0.1) is 12.6 Å². The van der Waals surface area contributed by atoms with Crippen molar-refractivity contribution in [1.82, 2.24) is 4.90 Å². The number of aldehydes is 1. The molecule has 0 rings (SSSR count). The van der Waals surface area contributed by atoms with E-state index >= 15 is 0 Å². The molecule has 4 heteroatoms. The van der Waals surface area contributed by atoms with Crippen LogP contribution >= 0.6 is 0 Å². The molecule has 0 radical (unpaired) electrons. The fraction of sp³-hybridized carbons (Fsp3) is 0.556. The highest BCUT2D eigenvalue weighted by molar-refractivity contribution is 5.73. The normalized spacial score (nSPS) is 11.5. The lowest BCUT2D eigenvalue weighted by molar-refractivity contribution is -0.111. The zero-order chi connectivity index (χ0) is 10.3. The lowest BCUT2D eigenvalue weighted by atomic mass is 10.2. The molecule has 4 nitrogen and oxygen atoms in total. The van der Waals surface area contributed by atoms with Gasteiger partial charge in [-0.25, -0.2) is 4.79 Å². The Morgan fingerprint density at radius 1 is 1.69 bits per heavy atom. The van der Waals surface area contributed by atoms with Crippen LogP contribution in [0.25, 0.3) is 0 Å². The van der Waals surface area contributed by atoms with Crippen LogP contribution < -0.4 is 0 Å². The summed E-state index contributed by atoms with van der Waals surface area (Å²) in [5.74, 6) is 0. The molecule has 74 valence electrons. The lowest BCUT2D eigenvalue weighted by Gasteiger charge is -2.21. The molecule has 0 aliphatic heterocycles. The van der Waals surface area contributed by atoms with Crippen molar-refractivity contribution in [3.63, 3.8) is 0 Å². The van der Waals surface area contributed by atoms with Gasteiger partial charge in [0.25, 0.3) is 0 Å². The maximum absolute atomic E-state index is 11.1. The quantitative estimate of drug-likeness (QED) is 0.478. The lowest BCUT2D eigenvalue weighted by Crippen LogP contribution is -2.38. The molecule has 1 atom stereocenters. The monoisotopic (exact) mass is 185 g/mol. The third-order valence-electron chi connectivity index (χ3n) is 1.62. The number of hydrogen-bond acceptors (Lipinski definition) is 3. The fourth-order valence-electron chi connectivity index (χ4n) is 0.836. The van der Waals surface area contributed by atoms with Crippen molar-refractivity contribution in [2.45, 2.75) is 19.4 Å². The molecule has 0 saturated carbocycles. The highest BCUT2D eigenvalue weighted by Crippen LogP contribution is 2.01. The molecule has 1 unspecified atom stereocenters. The zero-order valence-corrected chi connectivity index (χ0v) is 8.03. The van der Waals surface area contributed by atoms with Gasteiger partial charge in [0, 0.05) is 7.05 Å². The van der Waals surface area contributed by atoms with Crippen molar-refractivity contribution < 1.29 is 14.3 Å². The number of rotatable bonds is 5. The number of amides is 1. The third-order valence-corrected chi connectivity index (χ3v) is 1.62. The Morgan fingerprint density at radius 3 is 2.69 bits per heavy atom. The number of hydrogen-bond donors (Lipinski definition) is 0. The Morgan fingerprint density at radius 2 is 2.31 bits per heavy atom. The Kier molecular flexibility index (Phi) is 5.59. The molecule has 0 N–H and O–H groups in total. The van der Waals surface area contributed by atoms with Crippen LogP contribution in [0.15, 0.2) is 12.7 Å². The van der Waals surface area contributed by atoms with E-state index in [1.165, 1.54) is 11.9 Å². The molecule has 0 aromatic carbocycles. The number of nitrogens with zero attached hydrogens (tertiary/aromatic N) is 1. The Balaban J connectivity index is 4.17. The predicted molar refractivity (Wildman–Crippen MR) is 49.5 cm³/mol. The SMILES string of the molecule is C=CCC(C=O)N(C)C(=O)OCC. The van der Waals surface area contributed by atoms with E-state index in [0.29, 0.717) is 19.3 Å². The van der Waals surface area contributed by atoms with Gasteiger partial charge in [-0.3, -0.25) is 0 Å². The van der Waals surface area contributed by atoms with Gasteiger partial charge in [-0.1, -0.05) is 6.08 Å². The standard InChI is InChI=1S/C9H15NO3/c1-4-6-8(7-11)10(3)9(12)13-5-2/h4,7-8H,1,5-6H2,2-3H3. The first-order valence-electron chi connectivity index (χ1n) is 4.13. The maximum atomic E-state index is 11.1.